The van der Waals surface area contributed by atoms with Crippen molar-refractivity contribution in [3.63, 3.8) is 0 Å². The molecule has 0 spiro atoms. The summed E-state index contributed by atoms with van der Waals surface area (Å²) >= 11 is 0. The number of nitrogens with one attached hydrogen (secondary N) is 3. The van der Waals surface area contributed by atoms with E-state index in [0.717, 1.165) is 13.0 Å². The average Bonchev–Trinajstić information content (AvgIpc) is 3.11. The minimum atomic E-state index is -3.73. The van der Waals surface area contributed by atoms with Gasteiger partial charge in [-0.2, -0.15) is 0 Å². The Morgan fingerprint density at radius 3 is 2.50 bits per heavy atom. The Morgan fingerprint density at radius 2 is 1.85 bits per heavy atom. The van der Waals surface area contributed by atoms with E-state index < -0.39 is 10.0 Å². The zero-order chi connectivity index (χ0) is 17.9. The molecule has 1 unspecified atom stereocenters. The minimum Gasteiger partial charge on any atom is -0.326 e. The number of sulfonamides is 1. The molecule has 1 atom stereocenters. The van der Waals surface area contributed by atoms with E-state index >= 15 is 0 Å². The molecule has 1 fully saturated rings. The summed E-state index contributed by atoms with van der Waals surface area (Å²) in [4.78, 5) is 12.4. The van der Waals surface area contributed by atoms with Gasteiger partial charge in [-0.25, -0.2) is 8.42 Å². The fourth-order valence-corrected chi connectivity index (χ4v) is 4.14. The minimum absolute atomic E-state index is 0. The first kappa shape index (κ1) is 20.2. The molecule has 0 aliphatic carbocycles. The molecule has 0 saturated carbocycles. The van der Waals surface area contributed by atoms with Crippen molar-refractivity contribution in [1.29, 1.82) is 0 Å². The van der Waals surface area contributed by atoms with Crippen LogP contribution in [0.4, 0.5) is 11.4 Å². The van der Waals surface area contributed by atoms with Crippen molar-refractivity contribution in [1.82, 2.24) is 5.32 Å². The third-order valence-corrected chi connectivity index (χ3v) is 5.73. The summed E-state index contributed by atoms with van der Waals surface area (Å²) in [5.41, 5.74) is 1.59. The lowest BCUT2D eigenvalue weighted by atomic mass is 10.1. The molecule has 26 heavy (non-hydrogen) atoms. The van der Waals surface area contributed by atoms with Gasteiger partial charge in [0.25, 0.3) is 10.0 Å². The van der Waals surface area contributed by atoms with Crippen LogP contribution >= 0.6 is 12.4 Å². The standard InChI is InChI=1S/C18H21N3O3S.ClH/c1-13-7-8-16(20-18(22)14-9-10-19-12-14)11-17(13)25(23,24)21-15-5-3-2-4-6-15;/h2-8,11,14,19,21H,9-10,12H2,1H3,(H,20,22);1H. The zero-order valence-electron chi connectivity index (χ0n) is 14.4. The Morgan fingerprint density at radius 1 is 1.12 bits per heavy atom. The summed E-state index contributed by atoms with van der Waals surface area (Å²) in [6.07, 6.45) is 0.790. The van der Waals surface area contributed by atoms with Crippen molar-refractivity contribution in [3.05, 3.63) is 54.1 Å². The molecular weight excluding hydrogens is 374 g/mol. The third kappa shape index (κ3) is 4.75. The Bertz CT molecular complexity index is 867. The number of carbonyl (C=O) groups excluding carboxylic acids is 1. The van der Waals surface area contributed by atoms with Crippen molar-refractivity contribution in [2.75, 3.05) is 23.1 Å². The van der Waals surface area contributed by atoms with E-state index in [1.807, 2.05) is 6.07 Å². The highest BCUT2D eigenvalue weighted by Crippen LogP contribution is 2.23. The van der Waals surface area contributed by atoms with E-state index in [4.69, 9.17) is 0 Å². The first-order valence-electron chi connectivity index (χ1n) is 8.16. The van der Waals surface area contributed by atoms with Crippen molar-refractivity contribution < 1.29 is 13.2 Å². The van der Waals surface area contributed by atoms with Gasteiger partial charge in [-0.15, -0.1) is 12.4 Å². The summed E-state index contributed by atoms with van der Waals surface area (Å²) in [5, 5.41) is 5.96. The Hall–Kier alpha value is -2.09. The van der Waals surface area contributed by atoms with Crippen molar-refractivity contribution in [2.45, 2.75) is 18.2 Å². The normalized spacial score (nSPS) is 16.6. The molecule has 2 aromatic carbocycles. The van der Waals surface area contributed by atoms with Gasteiger partial charge >= 0.3 is 0 Å². The van der Waals surface area contributed by atoms with Gasteiger partial charge < -0.3 is 10.6 Å². The molecule has 0 aromatic heterocycles. The van der Waals surface area contributed by atoms with Gasteiger partial charge in [-0.3, -0.25) is 9.52 Å². The third-order valence-electron chi connectivity index (χ3n) is 4.20. The molecule has 8 heteroatoms. The van der Waals surface area contributed by atoms with Crippen LogP contribution in [0.5, 0.6) is 0 Å². The van der Waals surface area contributed by atoms with E-state index in [2.05, 4.69) is 15.4 Å². The van der Waals surface area contributed by atoms with E-state index in [-0.39, 0.29) is 29.1 Å². The predicted octanol–water partition coefficient (Wildman–Crippen LogP) is 2.77. The van der Waals surface area contributed by atoms with Gasteiger partial charge in [0.1, 0.15) is 0 Å². The van der Waals surface area contributed by atoms with Crippen LogP contribution in [0.2, 0.25) is 0 Å². The van der Waals surface area contributed by atoms with Crippen LogP contribution in [0.25, 0.3) is 0 Å². The monoisotopic (exact) mass is 395 g/mol. The number of hydrogen-bond donors (Lipinski definition) is 3. The van der Waals surface area contributed by atoms with Crippen molar-refractivity contribution in [2.24, 2.45) is 5.92 Å². The molecule has 6 nitrogen and oxygen atoms in total. The predicted molar refractivity (Wildman–Crippen MR) is 105 cm³/mol. The molecule has 140 valence electrons. The molecule has 1 heterocycles. The second-order valence-electron chi connectivity index (χ2n) is 6.13. The molecule has 3 N–H and O–H groups in total. The number of amides is 1. The highest BCUT2D eigenvalue weighted by Gasteiger charge is 2.23. The van der Waals surface area contributed by atoms with Crippen LogP contribution in [-0.2, 0) is 14.8 Å². The lowest BCUT2D eigenvalue weighted by molar-refractivity contribution is -0.119. The van der Waals surface area contributed by atoms with Gasteiger partial charge in [-0.05, 0) is 49.7 Å². The molecule has 0 bridgehead atoms. The Balaban J connectivity index is 0.00000243. The van der Waals surface area contributed by atoms with Crippen LogP contribution in [-0.4, -0.2) is 27.4 Å². The van der Waals surface area contributed by atoms with E-state index in [9.17, 15) is 13.2 Å². The molecule has 2 aromatic rings. The number of halogens is 1. The van der Waals surface area contributed by atoms with Crippen molar-refractivity contribution in [3.8, 4) is 0 Å². The largest absolute Gasteiger partial charge is 0.326 e. The molecule has 0 radical (unpaired) electrons. The lowest BCUT2D eigenvalue weighted by Gasteiger charge is -2.14. The number of carbonyl (C=O) groups is 1. The maximum absolute atomic E-state index is 12.7. The Kier molecular flexibility index (Phi) is 6.63. The number of para-hydroxylation sites is 1. The van der Waals surface area contributed by atoms with Crippen LogP contribution in [0.1, 0.15) is 12.0 Å². The first-order chi connectivity index (χ1) is 12.0. The van der Waals surface area contributed by atoms with Gasteiger partial charge in [-0.1, -0.05) is 24.3 Å². The number of hydrogen-bond acceptors (Lipinski definition) is 4. The quantitative estimate of drug-likeness (QED) is 0.726. The molecule has 1 saturated heterocycles. The van der Waals surface area contributed by atoms with Gasteiger partial charge in [0.15, 0.2) is 0 Å². The van der Waals surface area contributed by atoms with E-state index in [1.54, 1.807) is 43.3 Å². The number of anilines is 2. The summed E-state index contributed by atoms with van der Waals surface area (Å²) in [6, 6.07) is 13.6. The highest BCUT2D eigenvalue weighted by molar-refractivity contribution is 7.92. The maximum atomic E-state index is 12.7. The van der Waals surface area contributed by atoms with Crippen LogP contribution < -0.4 is 15.4 Å². The first-order valence-corrected chi connectivity index (χ1v) is 9.64. The SMILES string of the molecule is Cc1ccc(NC(=O)C2CCNC2)cc1S(=O)(=O)Nc1ccccc1.Cl. The van der Waals surface area contributed by atoms with Crippen molar-refractivity contribution >= 4 is 39.7 Å². The summed E-state index contributed by atoms with van der Waals surface area (Å²) in [6.45, 7) is 3.21. The van der Waals surface area contributed by atoms with Crippen LogP contribution in [0, 0.1) is 12.8 Å². The van der Waals surface area contributed by atoms with Gasteiger partial charge in [0, 0.05) is 17.9 Å². The average molecular weight is 396 g/mol. The lowest BCUT2D eigenvalue weighted by Crippen LogP contribution is -2.24. The van der Waals surface area contributed by atoms with Gasteiger partial charge in [0.2, 0.25) is 5.91 Å². The summed E-state index contributed by atoms with van der Waals surface area (Å²) < 4.78 is 27.9. The fourth-order valence-electron chi connectivity index (χ4n) is 2.81. The smallest absolute Gasteiger partial charge is 0.262 e. The number of aryl methyl sites for hydroxylation is 1. The second-order valence-corrected chi connectivity index (χ2v) is 7.78. The molecule has 1 amide bonds. The Labute approximate surface area is 159 Å². The molecule has 3 rings (SSSR count). The fraction of sp³-hybridized carbons (Fsp3) is 0.278. The summed E-state index contributed by atoms with van der Waals surface area (Å²) in [5.74, 6) is -0.169. The van der Waals surface area contributed by atoms with Crippen LogP contribution in [0.3, 0.4) is 0 Å². The maximum Gasteiger partial charge on any atom is 0.262 e. The van der Waals surface area contributed by atoms with E-state index in [0.29, 0.717) is 23.5 Å². The topological polar surface area (TPSA) is 87.3 Å². The second kappa shape index (κ2) is 8.53. The molecular formula is C18H22ClN3O3S. The zero-order valence-corrected chi connectivity index (χ0v) is 16.0. The van der Waals surface area contributed by atoms with Gasteiger partial charge in [0.05, 0.1) is 10.8 Å². The summed E-state index contributed by atoms with van der Waals surface area (Å²) in [7, 11) is -3.73. The molecule has 1 aliphatic rings. The van der Waals surface area contributed by atoms with Crippen LogP contribution in [0.15, 0.2) is 53.4 Å². The highest BCUT2D eigenvalue weighted by atomic mass is 35.5. The van der Waals surface area contributed by atoms with E-state index in [1.165, 1.54) is 6.07 Å². The molecule has 1 aliphatic heterocycles. The number of benzene rings is 2. The number of rotatable bonds is 5.